The van der Waals surface area contributed by atoms with Crippen LogP contribution in [0.3, 0.4) is 0 Å². The van der Waals surface area contributed by atoms with Crippen molar-refractivity contribution in [1.82, 2.24) is 4.90 Å². The van der Waals surface area contributed by atoms with E-state index < -0.39 is 0 Å². The highest BCUT2D eigenvalue weighted by Gasteiger charge is 2.32. The van der Waals surface area contributed by atoms with Crippen LogP contribution in [0.15, 0.2) is 54.6 Å². The first-order valence-electron chi connectivity index (χ1n) is 10.2. The lowest BCUT2D eigenvalue weighted by atomic mass is 9.80. The van der Waals surface area contributed by atoms with Crippen molar-refractivity contribution in [2.45, 2.75) is 38.1 Å². The van der Waals surface area contributed by atoms with Crippen molar-refractivity contribution in [3.63, 3.8) is 0 Å². The lowest BCUT2D eigenvalue weighted by molar-refractivity contribution is 0.110. The molecule has 2 fully saturated rings. The number of hydrogen-bond acceptors (Lipinski definition) is 3. The lowest BCUT2D eigenvalue weighted by Gasteiger charge is -2.44. The van der Waals surface area contributed by atoms with Crippen molar-refractivity contribution in [3.8, 4) is 0 Å². The van der Waals surface area contributed by atoms with E-state index in [0.717, 1.165) is 37.8 Å². The van der Waals surface area contributed by atoms with Gasteiger partial charge in [-0.1, -0.05) is 49.6 Å². The molecule has 26 heavy (non-hydrogen) atoms. The highest BCUT2D eigenvalue weighted by Crippen LogP contribution is 2.39. The van der Waals surface area contributed by atoms with E-state index >= 15 is 0 Å². The summed E-state index contributed by atoms with van der Waals surface area (Å²) in [7, 11) is 0. The first kappa shape index (κ1) is 17.4. The van der Waals surface area contributed by atoms with E-state index in [1.54, 1.807) is 0 Å². The Labute approximate surface area is 157 Å². The highest BCUT2D eigenvalue weighted by molar-refractivity contribution is 5.46. The molecule has 3 heteroatoms. The maximum Gasteiger partial charge on any atom is 0.0378 e. The van der Waals surface area contributed by atoms with Crippen LogP contribution in [0.4, 0.5) is 11.4 Å². The molecule has 1 atom stereocenters. The van der Waals surface area contributed by atoms with Gasteiger partial charge in [0, 0.05) is 43.6 Å². The van der Waals surface area contributed by atoms with Gasteiger partial charge in [-0.25, -0.2) is 0 Å². The zero-order valence-corrected chi connectivity index (χ0v) is 15.7. The first-order chi connectivity index (χ1) is 12.8. The fourth-order valence-electron chi connectivity index (χ4n) is 4.87. The van der Waals surface area contributed by atoms with Gasteiger partial charge in [-0.2, -0.15) is 0 Å². The fraction of sp³-hybridized carbons (Fsp3) is 0.478. The second-order valence-electron chi connectivity index (χ2n) is 7.87. The third kappa shape index (κ3) is 3.88. The SMILES string of the molecule is Nc1cccc(C(C2CCCCC2)N2CCN(c3ccccc3)CC2)c1. The van der Waals surface area contributed by atoms with Crippen molar-refractivity contribution in [2.75, 3.05) is 36.8 Å². The van der Waals surface area contributed by atoms with E-state index in [1.807, 2.05) is 6.07 Å². The molecule has 2 aromatic carbocycles. The molecule has 0 amide bonds. The molecule has 0 aromatic heterocycles. The third-order valence-corrected chi connectivity index (χ3v) is 6.18. The van der Waals surface area contributed by atoms with E-state index in [0.29, 0.717) is 6.04 Å². The summed E-state index contributed by atoms with van der Waals surface area (Å²) in [6, 6.07) is 20.0. The Bertz CT molecular complexity index is 686. The minimum absolute atomic E-state index is 0.525. The number of piperazine rings is 1. The molecule has 2 aliphatic rings. The standard InChI is InChI=1S/C23H31N3/c24-21-11-7-10-20(18-21)23(19-8-3-1-4-9-19)26-16-14-25(15-17-26)22-12-5-2-6-13-22/h2,5-7,10-13,18-19,23H,1,3-4,8-9,14-17,24H2. The molecule has 0 bridgehead atoms. The summed E-state index contributed by atoms with van der Waals surface area (Å²) in [6.07, 6.45) is 6.89. The molecule has 138 valence electrons. The molecule has 0 spiro atoms. The summed E-state index contributed by atoms with van der Waals surface area (Å²) in [5, 5.41) is 0. The molecule has 2 N–H and O–H groups in total. The molecule has 1 saturated heterocycles. The number of anilines is 2. The third-order valence-electron chi connectivity index (χ3n) is 6.18. The maximum absolute atomic E-state index is 6.13. The topological polar surface area (TPSA) is 32.5 Å². The van der Waals surface area contributed by atoms with Crippen LogP contribution in [0.2, 0.25) is 0 Å². The molecular weight excluding hydrogens is 318 g/mol. The van der Waals surface area contributed by atoms with Crippen LogP contribution >= 0.6 is 0 Å². The monoisotopic (exact) mass is 349 g/mol. The summed E-state index contributed by atoms with van der Waals surface area (Å²) in [6.45, 7) is 4.47. The Morgan fingerprint density at radius 1 is 0.808 bits per heavy atom. The van der Waals surface area contributed by atoms with Gasteiger partial charge in [-0.15, -0.1) is 0 Å². The average Bonchev–Trinajstić information content (AvgIpc) is 2.70. The van der Waals surface area contributed by atoms with E-state index in [2.05, 4.69) is 58.3 Å². The fourth-order valence-corrected chi connectivity index (χ4v) is 4.87. The molecule has 1 unspecified atom stereocenters. The van der Waals surface area contributed by atoms with Gasteiger partial charge in [0.05, 0.1) is 0 Å². The van der Waals surface area contributed by atoms with Gasteiger partial charge >= 0.3 is 0 Å². The summed E-state index contributed by atoms with van der Waals surface area (Å²) in [5.41, 5.74) is 9.79. The van der Waals surface area contributed by atoms with E-state index in [-0.39, 0.29) is 0 Å². The number of nitrogens with two attached hydrogens (primary N) is 1. The number of nitrogens with zero attached hydrogens (tertiary/aromatic N) is 2. The molecule has 0 radical (unpaired) electrons. The zero-order valence-electron chi connectivity index (χ0n) is 15.7. The van der Waals surface area contributed by atoms with Crippen LogP contribution in [0.25, 0.3) is 0 Å². The summed E-state index contributed by atoms with van der Waals surface area (Å²) in [4.78, 5) is 5.25. The van der Waals surface area contributed by atoms with Gasteiger partial charge in [-0.05, 0) is 48.6 Å². The quantitative estimate of drug-likeness (QED) is 0.811. The number of rotatable bonds is 4. The second kappa shape index (κ2) is 8.13. The molecule has 4 rings (SSSR count). The lowest BCUT2D eigenvalue weighted by Crippen LogP contribution is -2.49. The highest BCUT2D eigenvalue weighted by atomic mass is 15.3. The predicted octanol–water partition coefficient (Wildman–Crippen LogP) is 4.71. The van der Waals surface area contributed by atoms with Crippen molar-refractivity contribution >= 4 is 11.4 Å². The number of para-hydroxylation sites is 1. The molecular formula is C23H31N3. The summed E-state index contributed by atoms with van der Waals surface area (Å²) >= 11 is 0. The van der Waals surface area contributed by atoms with Gasteiger partial charge in [0.15, 0.2) is 0 Å². The number of hydrogen-bond donors (Lipinski definition) is 1. The minimum Gasteiger partial charge on any atom is -0.399 e. The maximum atomic E-state index is 6.13. The van der Waals surface area contributed by atoms with Gasteiger partial charge in [0.1, 0.15) is 0 Å². The molecule has 1 heterocycles. The predicted molar refractivity (Wildman–Crippen MR) is 110 cm³/mol. The number of benzene rings is 2. The second-order valence-corrected chi connectivity index (χ2v) is 7.87. The largest absolute Gasteiger partial charge is 0.399 e. The minimum atomic E-state index is 0.525. The molecule has 1 aliphatic heterocycles. The molecule has 2 aromatic rings. The Morgan fingerprint density at radius 2 is 1.54 bits per heavy atom. The Morgan fingerprint density at radius 3 is 2.23 bits per heavy atom. The van der Waals surface area contributed by atoms with Crippen LogP contribution in [0, 0.1) is 5.92 Å². The molecule has 3 nitrogen and oxygen atoms in total. The van der Waals surface area contributed by atoms with Crippen molar-refractivity contribution in [2.24, 2.45) is 5.92 Å². The summed E-state index contributed by atoms with van der Waals surface area (Å²) < 4.78 is 0. The van der Waals surface area contributed by atoms with Crippen LogP contribution < -0.4 is 10.6 Å². The average molecular weight is 350 g/mol. The van der Waals surface area contributed by atoms with Crippen LogP contribution in [-0.2, 0) is 0 Å². The van der Waals surface area contributed by atoms with Crippen molar-refractivity contribution < 1.29 is 0 Å². The van der Waals surface area contributed by atoms with Crippen LogP contribution in [0.1, 0.15) is 43.7 Å². The van der Waals surface area contributed by atoms with Gasteiger partial charge in [-0.3, -0.25) is 4.90 Å². The van der Waals surface area contributed by atoms with Gasteiger partial charge < -0.3 is 10.6 Å². The normalized spacial score (nSPS) is 20.8. The van der Waals surface area contributed by atoms with Gasteiger partial charge in [0.2, 0.25) is 0 Å². The Hall–Kier alpha value is -2.00. The van der Waals surface area contributed by atoms with Crippen LogP contribution in [0.5, 0.6) is 0 Å². The Kier molecular flexibility index (Phi) is 5.45. The van der Waals surface area contributed by atoms with Crippen molar-refractivity contribution in [1.29, 1.82) is 0 Å². The summed E-state index contributed by atoms with van der Waals surface area (Å²) in [5.74, 6) is 0.772. The smallest absolute Gasteiger partial charge is 0.0378 e. The van der Waals surface area contributed by atoms with E-state index in [4.69, 9.17) is 5.73 Å². The van der Waals surface area contributed by atoms with Crippen molar-refractivity contribution in [3.05, 3.63) is 60.2 Å². The molecule has 1 aliphatic carbocycles. The first-order valence-corrected chi connectivity index (χ1v) is 10.2. The Balaban J connectivity index is 1.51. The van der Waals surface area contributed by atoms with Gasteiger partial charge in [0.25, 0.3) is 0 Å². The molecule has 1 saturated carbocycles. The zero-order chi connectivity index (χ0) is 17.8. The van der Waals surface area contributed by atoms with Crippen LogP contribution in [-0.4, -0.2) is 31.1 Å². The van der Waals surface area contributed by atoms with E-state index in [1.165, 1.54) is 43.4 Å². The van der Waals surface area contributed by atoms with E-state index in [9.17, 15) is 0 Å². The number of nitrogen functional groups attached to an aromatic ring is 1.